The predicted molar refractivity (Wildman–Crippen MR) is 65.7 cm³/mol. The molecule has 0 heterocycles. The van der Waals surface area contributed by atoms with Crippen molar-refractivity contribution < 1.29 is 17.9 Å². The molecule has 1 N–H and O–H groups in total. The summed E-state index contributed by atoms with van der Waals surface area (Å²) < 4.78 is 42.6. The van der Waals surface area contributed by atoms with Gasteiger partial charge >= 0.3 is 6.18 Å². The summed E-state index contributed by atoms with van der Waals surface area (Å²) in [5.74, 6) is 0. The maximum atomic E-state index is 12.5. The van der Waals surface area contributed by atoms with E-state index in [1.165, 1.54) is 6.07 Å². The van der Waals surface area contributed by atoms with E-state index in [1.807, 2.05) is 6.92 Å². The van der Waals surface area contributed by atoms with Crippen LogP contribution in [-0.4, -0.2) is 19.8 Å². The van der Waals surface area contributed by atoms with Crippen molar-refractivity contribution in [3.63, 3.8) is 0 Å². The van der Waals surface area contributed by atoms with Crippen LogP contribution in [0.1, 0.15) is 24.5 Å². The minimum Gasteiger partial charge on any atom is -0.383 e. The highest BCUT2D eigenvalue weighted by atomic mass is 19.4. The lowest BCUT2D eigenvalue weighted by Crippen LogP contribution is -2.24. The van der Waals surface area contributed by atoms with E-state index in [4.69, 9.17) is 10.00 Å². The Morgan fingerprint density at radius 1 is 1.42 bits per heavy atom. The molecule has 1 atom stereocenters. The number of halogens is 3. The molecule has 0 saturated heterocycles. The lowest BCUT2D eigenvalue weighted by molar-refractivity contribution is -0.137. The van der Waals surface area contributed by atoms with Gasteiger partial charge in [0.05, 0.1) is 23.4 Å². The normalized spacial score (nSPS) is 12.8. The van der Waals surface area contributed by atoms with Gasteiger partial charge in [0.15, 0.2) is 0 Å². The first-order chi connectivity index (χ1) is 8.92. The molecule has 0 spiro atoms. The maximum Gasteiger partial charge on any atom is 0.416 e. The molecule has 19 heavy (non-hydrogen) atoms. The molecule has 1 aromatic rings. The van der Waals surface area contributed by atoms with E-state index >= 15 is 0 Å². The molecule has 104 valence electrons. The zero-order valence-corrected chi connectivity index (χ0v) is 10.7. The van der Waals surface area contributed by atoms with Crippen LogP contribution in [0, 0.1) is 11.3 Å². The molecule has 6 heteroatoms. The number of nitriles is 1. The van der Waals surface area contributed by atoms with Crippen LogP contribution in [0.25, 0.3) is 0 Å². The monoisotopic (exact) mass is 272 g/mol. The summed E-state index contributed by atoms with van der Waals surface area (Å²) in [5.41, 5.74) is -0.460. The van der Waals surface area contributed by atoms with Crippen LogP contribution in [0.2, 0.25) is 0 Å². The van der Waals surface area contributed by atoms with Gasteiger partial charge in [-0.25, -0.2) is 0 Å². The van der Waals surface area contributed by atoms with E-state index in [-0.39, 0.29) is 11.6 Å². The van der Waals surface area contributed by atoms with Gasteiger partial charge in [-0.15, -0.1) is 0 Å². The van der Waals surface area contributed by atoms with E-state index in [1.54, 1.807) is 13.2 Å². The molecule has 3 nitrogen and oxygen atoms in total. The summed E-state index contributed by atoms with van der Waals surface area (Å²) in [6.45, 7) is 2.34. The van der Waals surface area contributed by atoms with Gasteiger partial charge in [-0.1, -0.05) is 6.92 Å². The van der Waals surface area contributed by atoms with E-state index in [0.717, 1.165) is 18.6 Å². The summed E-state index contributed by atoms with van der Waals surface area (Å²) >= 11 is 0. The number of methoxy groups -OCH3 is 1. The van der Waals surface area contributed by atoms with Gasteiger partial charge in [0.25, 0.3) is 0 Å². The third kappa shape index (κ3) is 4.14. The molecule has 0 aliphatic heterocycles. The molecule has 0 bridgehead atoms. The van der Waals surface area contributed by atoms with Gasteiger partial charge in [0.1, 0.15) is 6.07 Å². The average molecular weight is 272 g/mol. The molecule has 1 rings (SSSR count). The fraction of sp³-hybridized carbons (Fsp3) is 0.462. The fourth-order valence-corrected chi connectivity index (χ4v) is 1.62. The number of nitrogens with one attached hydrogen (secondary N) is 1. The SMILES string of the molecule is CCC(COC)Nc1ccc(C(F)(F)F)cc1C#N. The molecule has 0 saturated carbocycles. The molecule has 0 aliphatic rings. The Morgan fingerprint density at radius 2 is 2.11 bits per heavy atom. The Kier molecular flexibility index (Phi) is 5.19. The van der Waals surface area contributed by atoms with Gasteiger partial charge < -0.3 is 10.1 Å². The Hall–Kier alpha value is -1.74. The van der Waals surface area contributed by atoms with Crippen molar-refractivity contribution in [2.45, 2.75) is 25.6 Å². The highest BCUT2D eigenvalue weighted by Gasteiger charge is 2.31. The number of hydrogen-bond acceptors (Lipinski definition) is 3. The van der Waals surface area contributed by atoms with E-state index < -0.39 is 11.7 Å². The van der Waals surface area contributed by atoms with Crippen LogP contribution >= 0.6 is 0 Å². The molecular weight excluding hydrogens is 257 g/mol. The number of ether oxygens (including phenoxy) is 1. The van der Waals surface area contributed by atoms with E-state index in [9.17, 15) is 13.2 Å². The second-order valence-corrected chi connectivity index (χ2v) is 4.07. The van der Waals surface area contributed by atoms with Crippen LogP contribution in [0.5, 0.6) is 0 Å². The highest BCUT2D eigenvalue weighted by Crippen LogP contribution is 2.31. The molecule has 0 radical (unpaired) electrons. The first-order valence-electron chi connectivity index (χ1n) is 5.79. The zero-order valence-electron chi connectivity index (χ0n) is 10.7. The van der Waals surface area contributed by atoms with Crippen molar-refractivity contribution in [2.24, 2.45) is 0 Å². The zero-order chi connectivity index (χ0) is 14.5. The smallest absolute Gasteiger partial charge is 0.383 e. The van der Waals surface area contributed by atoms with Gasteiger partial charge in [0, 0.05) is 13.2 Å². The average Bonchev–Trinajstić information content (AvgIpc) is 2.37. The number of benzene rings is 1. The third-order valence-electron chi connectivity index (χ3n) is 2.69. The largest absolute Gasteiger partial charge is 0.416 e. The molecular formula is C13H15F3N2O. The number of alkyl halides is 3. The van der Waals surface area contributed by atoms with Crippen LogP contribution in [0.3, 0.4) is 0 Å². The molecule has 0 amide bonds. The van der Waals surface area contributed by atoms with Crippen LogP contribution in [0.15, 0.2) is 18.2 Å². The minimum atomic E-state index is -4.44. The number of nitrogens with zero attached hydrogens (tertiary/aromatic N) is 1. The summed E-state index contributed by atoms with van der Waals surface area (Å²) in [7, 11) is 1.54. The van der Waals surface area contributed by atoms with E-state index in [0.29, 0.717) is 12.3 Å². The molecule has 0 fully saturated rings. The first-order valence-corrected chi connectivity index (χ1v) is 5.79. The van der Waals surface area contributed by atoms with Crippen LogP contribution in [-0.2, 0) is 10.9 Å². The highest BCUT2D eigenvalue weighted by molar-refractivity contribution is 5.59. The number of rotatable bonds is 5. The lowest BCUT2D eigenvalue weighted by Gasteiger charge is -2.19. The van der Waals surface area contributed by atoms with Gasteiger partial charge in [-0.05, 0) is 24.6 Å². The van der Waals surface area contributed by atoms with Crippen molar-refractivity contribution in [1.29, 1.82) is 5.26 Å². The van der Waals surface area contributed by atoms with Gasteiger partial charge in [-0.2, -0.15) is 18.4 Å². The van der Waals surface area contributed by atoms with Gasteiger partial charge in [-0.3, -0.25) is 0 Å². The molecule has 1 unspecified atom stereocenters. The maximum absolute atomic E-state index is 12.5. The Balaban J connectivity index is 3.00. The van der Waals surface area contributed by atoms with Crippen molar-refractivity contribution in [1.82, 2.24) is 0 Å². The summed E-state index contributed by atoms with van der Waals surface area (Å²) in [6, 6.07) is 4.82. The van der Waals surface area contributed by atoms with Crippen LogP contribution in [0.4, 0.5) is 18.9 Å². The van der Waals surface area contributed by atoms with Crippen molar-refractivity contribution in [3.8, 4) is 6.07 Å². The standard InChI is InChI=1S/C13H15F3N2O/c1-3-11(8-19-2)18-12-5-4-10(13(14,15)16)6-9(12)7-17/h4-6,11,18H,3,8H2,1-2H3. The minimum absolute atomic E-state index is 0.0237. The second kappa shape index (κ2) is 6.43. The lowest BCUT2D eigenvalue weighted by atomic mass is 10.1. The van der Waals surface area contributed by atoms with Crippen molar-refractivity contribution >= 4 is 5.69 Å². The predicted octanol–water partition coefficient (Wildman–Crippen LogP) is 3.41. The molecule has 0 aromatic heterocycles. The van der Waals surface area contributed by atoms with Gasteiger partial charge in [0.2, 0.25) is 0 Å². The summed E-state index contributed by atoms with van der Waals surface area (Å²) in [5, 5.41) is 11.9. The quantitative estimate of drug-likeness (QED) is 0.893. The second-order valence-electron chi connectivity index (χ2n) is 4.07. The van der Waals surface area contributed by atoms with E-state index in [2.05, 4.69) is 5.32 Å². The van der Waals surface area contributed by atoms with Crippen LogP contribution < -0.4 is 5.32 Å². The number of hydrogen-bond donors (Lipinski definition) is 1. The molecule has 0 aliphatic carbocycles. The number of anilines is 1. The topological polar surface area (TPSA) is 45.0 Å². The summed E-state index contributed by atoms with van der Waals surface area (Å²) in [6.07, 6.45) is -3.71. The fourth-order valence-electron chi connectivity index (χ4n) is 1.62. The van der Waals surface area contributed by atoms with Crippen molar-refractivity contribution in [2.75, 3.05) is 19.0 Å². The third-order valence-corrected chi connectivity index (χ3v) is 2.69. The Bertz CT molecular complexity index is 466. The Labute approximate surface area is 110 Å². The van der Waals surface area contributed by atoms with Crippen molar-refractivity contribution in [3.05, 3.63) is 29.3 Å². The first kappa shape index (κ1) is 15.3. The molecule has 1 aromatic carbocycles. The summed E-state index contributed by atoms with van der Waals surface area (Å²) in [4.78, 5) is 0. The Morgan fingerprint density at radius 3 is 2.58 bits per heavy atom.